The molecule has 0 spiro atoms. The van der Waals surface area contributed by atoms with Gasteiger partial charge in [0.1, 0.15) is 0 Å². The average molecular weight is 497 g/mol. The van der Waals surface area contributed by atoms with E-state index in [1.54, 1.807) is 0 Å². The Morgan fingerprint density at radius 3 is 0.765 bits per heavy atom. The Balaban J connectivity index is 3.42. The van der Waals surface area contributed by atoms with Gasteiger partial charge in [0.25, 0.3) is 0 Å². The Morgan fingerprint density at radius 2 is 0.559 bits per heavy atom. The van der Waals surface area contributed by atoms with Gasteiger partial charge in [0, 0.05) is 0 Å². The van der Waals surface area contributed by atoms with Gasteiger partial charge in [-0.05, 0) is 25.7 Å². The van der Waals surface area contributed by atoms with Gasteiger partial charge in [0.05, 0.1) is 36.5 Å². The van der Waals surface area contributed by atoms with E-state index >= 15 is 0 Å². The Bertz CT molecular complexity index is 340. The van der Waals surface area contributed by atoms with Crippen molar-refractivity contribution in [2.45, 2.75) is 181 Å². The Labute approximate surface area is 221 Å². The molecule has 1 nitrogen and oxygen atoms in total. The van der Waals surface area contributed by atoms with E-state index in [-0.39, 0.29) is 0 Å². The van der Waals surface area contributed by atoms with Gasteiger partial charge in [0.2, 0.25) is 0 Å². The van der Waals surface area contributed by atoms with Crippen molar-refractivity contribution in [2.75, 3.05) is 26.3 Å². The van der Waals surface area contributed by atoms with Crippen molar-refractivity contribution in [2.24, 2.45) is 0 Å². The first kappa shape index (κ1) is 34.2. The third-order valence-corrected chi connectivity index (χ3v) is 9.89. The molecule has 0 heterocycles. The minimum atomic E-state index is 1.36. The predicted molar refractivity (Wildman–Crippen MR) is 162 cm³/mol. The molecule has 0 radical (unpaired) electrons. The molecule has 0 amide bonds. The summed E-state index contributed by atoms with van der Waals surface area (Å²) in [6.07, 6.45) is 39.6. The first-order valence-electron chi connectivity index (χ1n) is 16.5. The Hall–Kier alpha value is 0.177. The third-order valence-electron chi connectivity index (χ3n) is 8.37. The molecule has 34 heavy (non-hydrogen) atoms. The summed E-state index contributed by atoms with van der Waals surface area (Å²) in [6.45, 7) is 7.51. The molecule has 0 saturated carbocycles. The van der Waals surface area contributed by atoms with Crippen LogP contribution in [0.5, 0.6) is 0 Å². The number of unbranched alkanes of at least 4 members (excludes halogenated alkanes) is 24. The first-order chi connectivity index (χ1) is 16.7. The highest BCUT2D eigenvalue weighted by Gasteiger charge is 2.17. The molecule has 0 aromatic carbocycles. The maximum atomic E-state index is 2.55. The summed E-state index contributed by atoms with van der Waals surface area (Å²) in [5, 5.41) is 0. The summed E-state index contributed by atoms with van der Waals surface area (Å²) in [5.74, 6) is 0. The van der Waals surface area contributed by atoms with Crippen molar-refractivity contribution in [3.05, 3.63) is 0 Å². The second kappa shape index (κ2) is 27.8. The summed E-state index contributed by atoms with van der Waals surface area (Å²) in [5.41, 5.74) is 0. The van der Waals surface area contributed by atoms with Crippen LogP contribution in [0.2, 0.25) is 0 Å². The molecule has 0 atom stereocenters. The van der Waals surface area contributed by atoms with Crippen molar-refractivity contribution >= 4 is 10.2 Å². The summed E-state index contributed by atoms with van der Waals surface area (Å²) in [4.78, 5) is 0. The van der Waals surface area contributed by atoms with E-state index in [2.05, 4.69) is 20.9 Å². The summed E-state index contributed by atoms with van der Waals surface area (Å²) in [7, 11) is 3.91. The quantitative estimate of drug-likeness (QED) is 0.0549. The lowest BCUT2D eigenvalue weighted by Crippen LogP contribution is -2.46. The van der Waals surface area contributed by atoms with Crippen LogP contribution >= 0.6 is 0 Å². The van der Waals surface area contributed by atoms with Crippen molar-refractivity contribution < 1.29 is 4.48 Å². The van der Waals surface area contributed by atoms with Gasteiger partial charge in [-0.1, -0.05) is 155 Å². The molecule has 0 unspecified atom stereocenters. The highest BCUT2D eigenvalue weighted by molar-refractivity contribution is 6.08. The van der Waals surface area contributed by atoms with Gasteiger partial charge < -0.3 is 4.48 Å². The van der Waals surface area contributed by atoms with Crippen molar-refractivity contribution in [3.63, 3.8) is 0 Å². The lowest BCUT2D eigenvalue weighted by molar-refractivity contribution is -0.899. The molecule has 0 aliphatic rings. The summed E-state index contributed by atoms with van der Waals surface area (Å²) < 4.78 is 1.38. The first-order valence-corrected chi connectivity index (χ1v) is 17.9. The fraction of sp³-hybridized carbons (Fsp3) is 1.00. The van der Waals surface area contributed by atoms with Gasteiger partial charge in [0.15, 0.2) is 0 Å². The highest BCUT2D eigenvalue weighted by Crippen LogP contribution is 2.16. The predicted octanol–water partition coefficient (Wildman–Crippen LogP) is 9.94. The maximum absolute atomic E-state index is 2.55. The normalized spacial score (nSPS) is 12.1. The maximum Gasteiger partial charge on any atom is 0.0781 e. The zero-order chi connectivity index (χ0) is 25.0. The van der Waals surface area contributed by atoms with E-state index in [9.17, 15) is 0 Å². The van der Waals surface area contributed by atoms with E-state index in [0.29, 0.717) is 0 Å². The van der Waals surface area contributed by atoms with E-state index in [1.165, 1.54) is 201 Å². The van der Waals surface area contributed by atoms with Crippen LogP contribution in [0, 0.1) is 0 Å². The Kier molecular flexibility index (Phi) is 27.9. The van der Waals surface area contributed by atoms with Crippen molar-refractivity contribution in [1.29, 1.82) is 0 Å². The van der Waals surface area contributed by atoms with Gasteiger partial charge in [-0.2, -0.15) is 0 Å². The van der Waals surface area contributed by atoms with Gasteiger partial charge in [-0.3, -0.25) is 0 Å². The fourth-order valence-corrected chi connectivity index (χ4v) is 6.08. The molecule has 0 aliphatic heterocycles. The molecule has 0 bridgehead atoms. The number of hydrogen-bond acceptors (Lipinski definition) is 0. The molecule has 2 heteroatoms. The molecule has 0 rings (SSSR count). The summed E-state index contributed by atoms with van der Waals surface area (Å²) in [6, 6.07) is 0. The van der Waals surface area contributed by atoms with Crippen LogP contribution < -0.4 is 0 Å². The number of rotatable bonds is 29. The number of nitrogens with zero attached hydrogens (tertiary/aromatic N) is 1. The van der Waals surface area contributed by atoms with Gasteiger partial charge in [-0.25, -0.2) is 0 Å². The van der Waals surface area contributed by atoms with E-state index in [1.807, 2.05) is 0 Å². The monoisotopic (exact) mass is 497 g/mol. The van der Waals surface area contributed by atoms with Crippen LogP contribution in [-0.2, 0) is 0 Å². The third kappa shape index (κ3) is 25.3. The topological polar surface area (TPSA) is 0 Å². The van der Waals surface area contributed by atoms with Gasteiger partial charge in [-0.15, -0.1) is 0 Å². The smallest absolute Gasteiger partial charge is 0.0781 e. The van der Waals surface area contributed by atoms with Crippen LogP contribution in [0.25, 0.3) is 0 Å². The highest BCUT2D eigenvalue weighted by atomic mass is 28.1. The van der Waals surface area contributed by atoms with E-state index < -0.39 is 0 Å². The van der Waals surface area contributed by atoms with Crippen LogP contribution in [0.1, 0.15) is 181 Å². The largest absolute Gasteiger partial charge is 0.330 e. The standard InChI is InChI=1S/C32H70NSi/c1-4-6-8-10-12-14-16-18-20-22-24-26-28-30-33(3,32-34)31-29-27-25-23-21-19-17-15-13-11-9-7-5-2/h4-32H2,1-3,34H3/q+1. The zero-order valence-electron chi connectivity index (χ0n) is 25.0. The minimum Gasteiger partial charge on any atom is -0.330 e. The molecule has 0 fully saturated rings. The molecule has 0 aliphatic carbocycles. The van der Waals surface area contributed by atoms with Crippen LogP contribution in [0.4, 0.5) is 0 Å². The van der Waals surface area contributed by atoms with Crippen molar-refractivity contribution in [1.82, 2.24) is 0 Å². The van der Waals surface area contributed by atoms with Gasteiger partial charge >= 0.3 is 0 Å². The zero-order valence-corrected chi connectivity index (χ0v) is 27.0. The number of hydrogen-bond donors (Lipinski definition) is 0. The second-order valence-electron chi connectivity index (χ2n) is 11.9. The molecule has 0 N–H and O–H groups in total. The van der Waals surface area contributed by atoms with Crippen LogP contribution in [-0.4, -0.2) is 41.0 Å². The van der Waals surface area contributed by atoms with Crippen LogP contribution in [0.3, 0.4) is 0 Å². The lowest BCUT2D eigenvalue weighted by Gasteiger charge is -2.34. The Morgan fingerprint density at radius 1 is 0.353 bits per heavy atom. The minimum absolute atomic E-state index is 1.36. The lowest BCUT2D eigenvalue weighted by atomic mass is 10.0. The SMILES string of the molecule is CCCCCCCCCCCCCCC[N+](C)(C[SiH3])CCCCCCCCCCCCCCC. The van der Waals surface area contributed by atoms with Crippen molar-refractivity contribution in [3.8, 4) is 0 Å². The molecule has 0 aromatic heterocycles. The fourth-order valence-electron chi connectivity index (χ4n) is 5.45. The second-order valence-corrected chi connectivity index (χ2v) is 12.5. The van der Waals surface area contributed by atoms with Crippen LogP contribution in [0.15, 0.2) is 0 Å². The molecular formula is C32H70NSi+. The van der Waals surface area contributed by atoms with E-state index in [4.69, 9.17) is 0 Å². The molecule has 0 saturated heterocycles. The average Bonchev–Trinajstić information content (AvgIpc) is 2.85. The molecule has 206 valence electrons. The number of quaternary nitrogens is 1. The molecular weight excluding hydrogens is 426 g/mol. The summed E-state index contributed by atoms with van der Waals surface area (Å²) >= 11 is 0. The molecule has 0 aromatic rings. The van der Waals surface area contributed by atoms with E-state index in [0.717, 1.165) is 0 Å².